The zero-order valence-electron chi connectivity index (χ0n) is 12.5. The van der Waals surface area contributed by atoms with Gasteiger partial charge in [0.25, 0.3) is 5.69 Å². The molecule has 0 amide bonds. The molecule has 1 aromatic carbocycles. The number of aryl methyl sites for hydroxylation is 2. The van der Waals surface area contributed by atoms with Crippen molar-refractivity contribution in [1.29, 1.82) is 0 Å². The van der Waals surface area contributed by atoms with Gasteiger partial charge in [0, 0.05) is 23.4 Å². The molecule has 23 heavy (non-hydrogen) atoms. The predicted molar refractivity (Wildman–Crippen MR) is 82.2 cm³/mol. The Hall–Kier alpha value is -3.22. The van der Waals surface area contributed by atoms with Gasteiger partial charge in [0.15, 0.2) is 5.76 Å². The quantitative estimate of drug-likeness (QED) is 0.546. The van der Waals surface area contributed by atoms with Gasteiger partial charge in [-0.1, -0.05) is 12.1 Å². The first-order valence-corrected chi connectivity index (χ1v) is 6.88. The lowest BCUT2D eigenvalue weighted by Crippen LogP contribution is -2.14. The Bertz CT molecular complexity index is 908. The van der Waals surface area contributed by atoms with Crippen molar-refractivity contribution in [1.82, 2.24) is 9.78 Å². The number of benzene rings is 1. The number of nitrogens with zero attached hydrogens (tertiary/aromatic N) is 3. The highest BCUT2D eigenvalue weighted by Gasteiger charge is 2.18. The van der Waals surface area contributed by atoms with E-state index in [1.807, 2.05) is 0 Å². The molecule has 0 aliphatic rings. The second-order valence-corrected chi connectivity index (χ2v) is 5.12. The molecule has 0 saturated heterocycles. The minimum atomic E-state index is -0.478. The van der Waals surface area contributed by atoms with E-state index in [1.54, 1.807) is 38.1 Å². The standard InChI is InChI=1S/C16H13N3O4/c1-10-8-11(2)18(17-10)16(20)15-7-6-14(23-15)12-4-3-5-13(9-12)19(21)22/h3-9H,1-2H3. The minimum Gasteiger partial charge on any atom is -0.451 e. The zero-order chi connectivity index (χ0) is 16.6. The number of nitro groups is 1. The lowest BCUT2D eigenvalue weighted by molar-refractivity contribution is -0.384. The van der Waals surface area contributed by atoms with E-state index in [0.29, 0.717) is 17.0 Å². The van der Waals surface area contributed by atoms with Crippen LogP contribution in [0, 0.1) is 24.0 Å². The molecule has 7 heteroatoms. The van der Waals surface area contributed by atoms with Crippen LogP contribution < -0.4 is 0 Å². The van der Waals surface area contributed by atoms with Crippen molar-refractivity contribution in [3.63, 3.8) is 0 Å². The molecule has 3 aromatic rings. The van der Waals surface area contributed by atoms with E-state index in [4.69, 9.17) is 4.42 Å². The van der Waals surface area contributed by atoms with Gasteiger partial charge in [-0.3, -0.25) is 14.9 Å². The van der Waals surface area contributed by atoms with Crippen molar-refractivity contribution in [2.24, 2.45) is 0 Å². The second kappa shape index (κ2) is 5.53. The molecule has 0 radical (unpaired) electrons. The number of rotatable bonds is 3. The Morgan fingerprint density at radius 2 is 2.00 bits per heavy atom. The molecule has 0 saturated carbocycles. The maximum absolute atomic E-state index is 12.4. The van der Waals surface area contributed by atoms with Crippen molar-refractivity contribution < 1.29 is 14.1 Å². The van der Waals surface area contributed by atoms with Gasteiger partial charge < -0.3 is 4.42 Å². The summed E-state index contributed by atoms with van der Waals surface area (Å²) in [5.74, 6) is 0.128. The fourth-order valence-electron chi connectivity index (χ4n) is 2.32. The van der Waals surface area contributed by atoms with E-state index in [2.05, 4.69) is 5.10 Å². The Balaban J connectivity index is 1.94. The third-order valence-corrected chi connectivity index (χ3v) is 3.36. The number of aromatic nitrogens is 2. The maximum atomic E-state index is 12.4. The molecule has 116 valence electrons. The molecule has 0 N–H and O–H groups in total. The zero-order valence-corrected chi connectivity index (χ0v) is 12.5. The summed E-state index contributed by atoms with van der Waals surface area (Å²) >= 11 is 0. The van der Waals surface area contributed by atoms with E-state index < -0.39 is 4.92 Å². The molecule has 0 atom stereocenters. The minimum absolute atomic E-state index is 0.0367. The van der Waals surface area contributed by atoms with Crippen LogP contribution in [0.2, 0.25) is 0 Å². The molecule has 0 aliphatic carbocycles. The number of hydrogen-bond donors (Lipinski definition) is 0. The topological polar surface area (TPSA) is 91.2 Å². The lowest BCUT2D eigenvalue weighted by Gasteiger charge is -2.00. The first-order valence-electron chi connectivity index (χ1n) is 6.88. The van der Waals surface area contributed by atoms with Crippen molar-refractivity contribution in [2.45, 2.75) is 13.8 Å². The van der Waals surface area contributed by atoms with Gasteiger partial charge in [-0.25, -0.2) is 0 Å². The van der Waals surface area contributed by atoms with Gasteiger partial charge in [0.1, 0.15) is 5.76 Å². The van der Waals surface area contributed by atoms with Gasteiger partial charge in [0.2, 0.25) is 0 Å². The maximum Gasteiger partial charge on any atom is 0.314 e. The average Bonchev–Trinajstić information content (AvgIpc) is 3.13. The van der Waals surface area contributed by atoms with Crippen molar-refractivity contribution in [3.05, 3.63) is 69.7 Å². The van der Waals surface area contributed by atoms with Gasteiger partial charge in [-0.05, 0) is 32.0 Å². The second-order valence-electron chi connectivity index (χ2n) is 5.12. The van der Waals surface area contributed by atoms with Crippen LogP contribution in [-0.2, 0) is 0 Å². The molecular formula is C16H13N3O4. The fourth-order valence-corrected chi connectivity index (χ4v) is 2.32. The summed E-state index contributed by atoms with van der Waals surface area (Å²) in [5.41, 5.74) is 1.94. The molecule has 0 aliphatic heterocycles. The molecule has 2 aromatic heterocycles. The smallest absolute Gasteiger partial charge is 0.314 e. The van der Waals surface area contributed by atoms with Crippen LogP contribution in [0.15, 0.2) is 46.9 Å². The first-order chi connectivity index (χ1) is 11.0. The van der Waals surface area contributed by atoms with Gasteiger partial charge >= 0.3 is 5.91 Å². The molecule has 3 rings (SSSR count). The van der Waals surface area contributed by atoms with Crippen molar-refractivity contribution in [2.75, 3.05) is 0 Å². The SMILES string of the molecule is Cc1cc(C)n(C(=O)c2ccc(-c3cccc([N+](=O)[O-])c3)o2)n1. The van der Waals surface area contributed by atoms with Gasteiger partial charge in [0.05, 0.1) is 10.6 Å². The lowest BCUT2D eigenvalue weighted by atomic mass is 10.1. The Morgan fingerprint density at radius 1 is 1.22 bits per heavy atom. The number of nitro benzene ring substituents is 1. The highest BCUT2D eigenvalue weighted by Crippen LogP contribution is 2.26. The highest BCUT2D eigenvalue weighted by atomic mass is 16.6. The molecule has 0 unspecified atom stereocenters. The highest BCUT2D eigenvalue weighted by molar-refractivity contribution is 5.93. The Morgan fingerprint density at radius 3 is 2.65 bits per heavy atom. The van der Waals surface area contributed by atoms with E-state index in [-0.39, 0.29) is 17.4 Å². The van der Waals surface area contributed by atoms with Crippen LogP contribution in [0.3, 0.4) is 0 Å². The fraction of sp³-hybridized carbons (Fsp3) is 0.125. The van der Waals surface area contributed by atoms with Crippen LogP contribution >= 0.6 is 0 Å². The number of furan rings is 1. The first kappa shape index (κ1) is 14.7. The van der Waals surface area contributed by atoms with Crippen LogP contribution in [-0.4, -0.2) is 20.6 Å². The third kappa shape index (κ3) is 2.76. The largest absolute Gasteiger partial charge is 0.451 e. The number of hydrogen-bond acceptors (Lipinski definition) is 5. The summed E-state index contributed by atoms with van der Waals surface area (Å²) in [6, 6.07) is 11.0. The summed E-state index contributed by atoms with van der Waals surface area (Å²) in [4.78, 5) is 22.8. The third-order valence-electron chi connectivity index (χ3n) is 3.36. The summed E-state index contributed by atoms with van der Waals surface area (Å²) in [7, 11) is 0. The van der Waals surface area contributed by atoms with Crippen LogP contribution in [0.4, 0.5) is 5.69 Å². The van der Waals surface area contributed by atoms with Crippen LogP contribution in [0.1, 0.15) is 21.9 Å². The number of non-ortho nitro benzene ring substituents is 1. The normalized spacial score (nSPS) is 10.7. The molecule has 7 nitrogen and oxygen atoms in total. The summed E-state index contributed by atoms with van der Waals surface area (Å²) in [6.07, 6.45) is 0. The average molecular weight is 311 g/mol. The van der Waals surface area contributed by atoms with Gasteiger partial charge in [-0.15, -0.1) is 0 Å². The molecule has 0 fully saturated rings. The summed E-state index contributed by atoms with van der Waals surface area (Å²) in [6.45, 7) is 3.58. The molecule has 0 bridgehead atoms. The Labute approximate surface area is 131 Å². The molecule has 0 spiro atoms. The van der Waals surface area contributed by atoms with E-state index in [1.165, 1.54) is 22.9 Å². The number of carbonyl (C=O) groups excluding carboxylic acids is 1. The Kier molecular flexibility index (Phi) is 3.53. The van der Waals surface area contributed by atoms with E-state index in [9.17, 15) is 14.9 Å². The van der Waals surface area contributed by atoms with E-state index in [0.717, 1.165) is 5.69 Å². The van der Waals surface area contributed by atoms with Crippen LogP contribution in [0.5, 0.6) is 0 Å². The van der Waals surface area contributed by atoms with Crippen molar-refractivity contribution >= 4 is 11.6 Å². The predicted octanol–water partition coefficient (Wildman–Crippen LogP) is 3.36. The monoisotopic (exact) mass is 311 g/mol. The van der Waals surface area contributed by atoms with Crippen molar-refractivity contribution in [3.8, 4) is 11.3 Å². The number of carbonyl (C=O) groups is 1. The van der Waals surface area contributed by atoms with E-state index >= 15 is 0 Å². The molecular weight excluding hydrogens is 298 g/mol. The molecule has 2 heterocycles. The summed E-state index contributed by atoms with van der Waals surface area (Å²) < 4.78 is 6.82. The summed E-state index contributed by atoms with van der Waals surface area (Å²) in [5, 5.41) is 15.0. The van der Waals surface area contributed by atoms with Gasteiger partial charge in [-0.2, -0.15) is 9.78 Å². The van der Waals surface area contributed by atoms with Crippen LogP contribution in [0.25, 0.3) is 11.3 Å².